The van der Waals surface area contributed by atoms with Crippen molar-refractivity contribution in [2.45, 2.75) is 19.1 Å². The van der Waals surface area contributed by atoms with Crippen LogP contribution in [-0.4, -0.2) is 14.9 Å². The van der Waals surface area contributed by atoms with Crippen molar-refractivity contribution in [2.75, 3.05) is 5.32 Å². The molecule has 3 rings (SSSR count). The van der Waals surface area contributed by atoms with Gasteiger partial charge in [-0.05, 0) is 36.0 Å². The van der Waals surface area contributed by atoms with E-state index in [0.29, 0.717) is 21.6 Å². The third-order valence-corrected chi connectivity index (χ3v) is 4.56. The van der Waals surface area contributed by atoms with E-state index in [0.717, 1.165) is 23.5 Å². The molecule has 1 aromatic carbocycles. The summed E-state index contributed by atoms with van der Waals surface area (Å²) < 4.78 is 38.5. The summed E-state index contributed by atoms with van der Waals surface area (Å²) in [6.07, 6.45) is -3.17. The zero-order chi connectivity index (χ0) is 18.2. The number of nitrogens with one attached hydrogen (secondary N) is 1. The number of halogens is 3. The average molecular weight is 368 g/mol. The summed E-state index contributed by atoms with van der Waals surface area (Å²) in [5, 5.41) is 14.3. The van der Waals surface area contributed by atoms with E-state index in [1.165, 1.54) is 18.5 Å². The summed E-state index contributed by atoms with van der Waals surface area (Å²) in [5.41, 5.74) is -0.316. The largest absolute Gasteiger partial charge is 0.416 e. The molecule has 0 spiro atoms. The molecule has 1 N–H and O–H groups in total. The minimum Gasteiger partial charge on any atom is -0.363 e. The molecule has 0 aliphatic rings. The van der Waals surface area contributed by atoms with Gasteiger partial charge in [0, 0.05) is 12.1 Å². The first kappa shape index (κ1) is 17.1. The molecular formula is C15H11F3N4O2S. The summed E-state index contributed by atoms with van der Waals surface area (Å²) in [6, 6.07) is 5.83. The maximum atomic E-state index is 12.8. The van der Waals surface area contributed by atoms with Crippen LogP contribution in [0.25, 0.3) is 10.2 Å². The normalized spacial score (nSPS) is 13.0. The van der Waals surface area contributed by atoms with Crippen LogP contribution in [0.15, 0.2) is 36.7 Å². The molecule has 0 aliphatic carbocycles. The molecule has 1 unspecified atom stereocenters. The molecule has 3 aromatic rings. The number of alkyl halides is 3. The van der Waals surface area contributed by atoms with Crippen molar-refractivity contribution in [3.63, 3.8) is 0 Å². The van der Waals surface area contributed by atoms with E-state index in [4.69, 9.17) is 0 Å². The quantitative estimate of drug-likeness (QED) is 0.529. The number of nitrogens with zero attached hydrogens (tertiary/aromatic N) is 3. The molecule has 1 atom stereocenters. The van der Waals surface area contributed by atoms with Gasteiger partial charge in [0.15, 0.2) is 0 Å². The lowest BCUT2D eigenvalue weighted by atomic mass is 10.0. The van der Waals surface area contributed by atoms with Crippen LogP contribution in [0, 0.1) is 10.1 Å². The summed E-state index contributed by atoms with van der Waals surface area (Å²) in [6.45, 7) is 1.68. The molecule has 6 nitrogen and oxygen atoms in total. The van der Waals surface area contributed by atoms with E-state index in [-0.39, 0.29) is 5.00 Å². The number of rotatable bonds is 4. The third-order valence-electron chi connectivity index (χ3n) is 3.56. The smallest absolute Gasteiger partial charge is 0.363 e. The Labute approximate surface area is 143 Å². The van der Waals surface area contributed by atoms with Gasteiger partial charge in [-0.1, -0.05) is 12.1 Å². The van der Waals surface area contributed by atoms with Crippen molar-refractivity contribution in [3.05, 3.63) is 57.9 Å². The van der Waals surface area contributed by atoms with Crippen LogP contribution in [0.2, 0.25) is 0 Å². The van der Waals surface area contributed by atoms with E-state index >= 15 is 0 Å². The molecular weight excluding hydrogens is 357 g/mol. The first-order valence-corrected chi connectivity index (χ1v) is 7.90. The molecule has 2 aromatic heterocycles. The second-order valence-corrected chi connectivity index (χ2v) is 6.28. The number of fused-ring (bicyclic) bond motifs is 1. The Morgan fingerprint density at radius 3 is 2.72 bits per heavy atom. The number of hydrogen-bond donors (Lipinski definition) is 1. The van der Waals surface area contributed by atoms with Crippen molar-refractivity contribution in [2.24, 2.45) is 0 Å². The van der Waals surface area contributed by atoms with Crippen LogP contribution in [0.5, 0.6) is 0 Å². The lowest BCUT2D eigenvalue weighted by Crippen LogP contribution is -2.11. The summed E-state index contributed by atoms with van der Waals surface area (Å²) in [7, 11) is 0. The first-order valence-electron chi connectivity index (χ1n) is 7.08. The Morgan fingerprint density at radius 1 is 1.28 bits per heavy atom. The highest BCUT2D eigenvalue weighted by atomic mass is 32.1. The Hall–Kier alpha value is -2.75. The molecule has 0 amide bonds. The van der Waals surface area contributed by atoms with Gasteiger partial charge in [-0.25, -0.2) is 9.97 Å². The Morgan fingerprint density at radius 2 is 2.04 bits per heavy atom. The molecule has 0 aliphatic heterocycles. The van der Waals surface area contributed by atoms with Crippen molar-refractivity contribution >= 4 is 32.4 Å². The van der Waals surface area contributed by atoms with Crippen LogP contribution < -0.4 is 5.32 Å². The van der Waals surface area contributed by atoms with E-state index in [1.807, 2.05) is 0 Å². The lowest BCUT2D eigenvalue weighted by Gasteiger charge is -2.17. The zero-order valence-electron chi connectivity index (χ0n) is 12.7. The third kappa shape index (κ3) is 3.53. The predicted molar refractivity (Wildman–Crippen MR) is 87.6 cm³/mol. The van der Waals surface area contributed by atoms with Crippen molar-refractivity contribution in [1.29, 1.82) is 0 Å². The maximum Gasteiger partial charge on any atom is 0.416 e. The van der Waals surface area contributed by atoms with Gasteiger partial charge in [0.2, 0.25) is 0 Å². The van der Waals surface area contributed by atoms with E-state index in [1.54, 1.807) is 13.0 Å². The fourth-order valence-corrected chi connectivity index (χ4v) is 3.14. The van der Waals surface area contributed by atoms with Gasteiger partial charge in [-0.15, -0.1) is 0 Å². The average Bonchev–Trinajstić information content (AvgIpc) is 3.00. The highest BCUT2D eigenvalue weighted by Crippen LogP contribution is 2.35. The monoisotopic (exact) mass is 368 g/mol. The number of thiophene rings is 1. The SMILES string of the molecule is CC(Nc1ncnc2sc([N+](=O)[O-])cc12)c1cccc(C(F)(F)F)c1. The molecule has 2 heterocycles. The standard InChI is InChI=1S/C15H11F3N4O2S/c1-8(9-3-2-4-10(5-9)15(16,17)18)21-13-11-6-12(22(23)24)25-14(11)20-7-19-13/h2-8H,1H3,(H,19,20,21). The van der Waals surface area contributed by atoms with E-state index in [9.17, 15) is 23.3 Å². The highest BCUT2D eigenvalue weighted by molar-refractivity contribution is 7.21. The van der Waals surface area contributed by atoms with Gasteiger partial charge in [-0.2, -0.15) is 13.2 Å². The Balaban J connectivity index is 1.92. The summed E-state index contributed by atoms with van der Waals surface area (Å²) in [5.74, 6) is 0.333. The van der Waals surface area contributed by atoms with Gasteiger partial charge in [-0.3, -0.25) is 10.1 Å². The fraction of sp³-hybridized carbons (Fsp3) is 0.200. The molecule has 130 valence electrons. The zero-order valence-corrected chi connectivity index (χ0v) is 13.6. The van der Waals surface area contributed by atoms with Crippen LogP contribution >= 0.6 is 11.3 Å². The Bertz CT molecular complexity index is 942. The van der Waals surface area contributed by atoms with Crippen molar-refractivity contribution in [3.8, 4) is 0 Å². The van der Waals surface area contributed by atoms with Crippen molar-refractivity contribution in [1.82, 2.24) is 9.97 Å². The van der Waals surface area contributed by atoms with Gasteiger partial charge in [0.25, 0.3) is 0 Å². The van der Waals surface area contributed by atoms with E-state index < -0.39 is 22.7 Å². The number of aromatic nitrogens is 2. The van der Waals surface area contributed by atoms with Gasteiger partial charge < -0.3 is 5.32 Å². The predicted octanol–water partition coefficient (Wildman–Crippen LogP) is 4.79. The molecule has 10 heteroatoms. The maximum absolute atomic E-state index is 12.8. The molecule has 0 bridgehead atoms. The highest BCUT2D eigenvalue weighted by Gasteiger charge is 2.30. The van der Waals surface area contributed by atoms with Gasteiger partial charge in [0.1, 0.15) is 17.0 Å². The number of hydrogen-bond acceptors (Lipinski definition) is 6. The van der Waals surface area contributed by atoms with Crippen LogP contribution in [0.3, 0.4) is 0 Å². The lowest BCUT2D eigenvalue weighted by molar-refractivity contribution is -0.380. The minimum absolute atomic E-state index is 0.0785. The minimum atomic E-state index is -4.42. The molecule has 0 saturated heterocycles. The van der Waals surface area contributed by atoms with E-state index in [2.05, 4.69) is 15.3 Å². The first-order chi connectivity index (χ1) is 11.8. The van der Waals surface area contributed by atoms with Crippen molar-refractivity contribution < 1.29 is 18.1 Å². The molecule has 0 radical (unpaired) electrons. The number of benzene rings is 1. The van der Waals surface area contributed by atoms with Crippen LogP contribution in [0.1, 0.15) is 24.1 Å². The molecule has 25 heavy (non-hydrogen) atoms. The fourth-order valence-electron chi connectivity index (χ4n) is 2.32. The summed E-state index contributed by atoms with van der Waals surface area (Å²) >= 11 is 0.909. The van der Waals surface area contributed by atoms with Crippen LogP contribution in [0.4, 0.5) is 24.0 Å². The second-order valence-electron chi connectivity index (χ2n) is 5.27. The topological polar surface area (TPSA) is 81.0 Å². The summed E-state index contributed by atoms with van der Waals surface area (Å²) in [4.78, 5) is 18.8. The molecule has 0 saturated carbocycles. The Kier molecular flexibility index (Phi) is 4.29. The molecule has 0 fully saturated rings. The van der Waals surface area contributed by atoms with Gasteiger partial charge >= 0.3 is 11.2 Å². The second kappa shape index (κ2) is 6.28. The van der Waals surface area contributed by atoms with Gasteiger partial charge in [0.05, 0.1) is 15.9 Å². The van der Waals surface area contributed by atoms with Crippen LogP contribution in [-0.2, 0) is 6.18 Å². The number of nitro groups is 1. The number of anilines is 1.